The number of fused-ring (bicyclic) bond motifs is 7. The van der Waals surface area contributed by atoms with Gasteiger partial charge in [0.05, 0.1) is 28.7 Å². The van der Waals surface area contributed by atoms with E-state index in [9.17, 15) is 9.59 Å². The van der Waals surface area contributed by atoms with Crippen molar-refractivity contribution in [3.8, 4) is 0 Å². The lowest BCUT2D eigenvalue weighted by Crippen LogP contribution is -2.53. The summed E-state index contributed by atoms with van der Waals surface area (Å²) >= 11 is 12.9. The minimum absolute atomic E-state index is 0. The fourth-order valence-electron chi connectivity index (χ4n) is 8.46. The zero-order chi connectivity index (χ0) is 30.7. The molecule has 3 aromatic carbocycles. The van der Waals surface area contributed by atoms with E-state index in [-0.39, 0.29) is 30.3 Å². The monoisotopic (exact) mass is 648 g/mol. The second kappa shape index (κ2) is 10.5. The molecule has 7 nitrogen and oxygen atoms in total. The van der Waals surface area contributed by atoms with Crippen LogP contribution in [0.5, 0.6) is 0 Å². The van der Waals surface area contributed by atoms with Gasteiger partial charge in [-0.25, -0.2) is 14.2 Å². The number of nitrogens with one attached hydrogen (secondary N) is 1. The number of ether oxygens (including phenoxy) is 1. The number of aryl methyl sites for hydroxylation is 3. The van der Waals surface area contributed by atoms with E-state index < -0.39 is 23.2 Å². The number of carbonyl (C=O) groups excluding carboxylic acids is 2. The normalized spacial score (nSPS) is 25.1. The van der Waals surface area contributed by atoms with Crippen LogP contribution in [0.4, 0.5) is 10.1 Å². The summed E-state index contributed by atoms with van der Waals surface area (Å²) in [7, 11) is 1.38. The quantitative estimate of drug-likeness (QED) is 0.229. The average molecular weight is 650 g/mol. The van der Waals surface area contributed by atoms with Crippen molar-refractivity contribution in [3.05, 3.63) is 92.0 Å². The van der Waals surface area contributed by atoms with E-state index in [4.69, 9.17) is 32.9 Å². The number of esters is 1. The number of aromatic nitrogens is 2. The number of hydrogen-bond donors (Lipinski definition) is 1. The van der Waals surface area contributed by atoms with Crippen LogP contribution >= 0.6 is 23.2 Å². The maximum Gasteiger partial charge on any atom is 0.338 e. The van der Waals surface area contributed by atoms with Gasteiger partial charge in [-0.05, 0) is 80.0 Å². The number of hydrogen-bond acceptors (Lipinski definition) is 5. The Balaban J connectivity index is 0.00000325. The van der Waals surface area contributed by atoms with Crippen molar-refractivity contribution in [2.75, 3.05) is 19.0 Å². The molecule has 3 aliphatic heterocycles. The summed E-state index contributed by atoms with van der Waals surface area (Å²) in [6.45, 7) is 5.20. The number of anilines is 1. The number of rotatable bonds is 4. The Morgan fingerprint density at radius 3 is 2.67 bits per heavy atom. The van der Waals surface area contributed by atoms with E-state index in [2.05, 4.69) is 14.8 Å². The van der Waals surface area contributed by atoms with E-state index in [0.29, 0.717) is 34.3 Å². The molecule has 1 aliphatic carbocycles. The van der Waals surface area contributed by atoms with E-state index in [1.54, 1.807) is 30.3 Å². The number of halogens is 3. The summed E-state index contributed by atoms with van der Waals surface area (Å²) in [5, 5.41) is 3.67. The van der Waals surface area contributed by atoms with Crippen molar-refractivity contribution in [2.45, 2.75) is 70.5 Å². The highest BCUT2D eigenvalue weighted by Gasteiger charge is 2.69. The van der Waals surface area contributed by atoms with Crippen LogP contribution in [0.3, 0.4) is 0 Å². The van der Waals surface area contributed by atoms with Crippen LogP contribution in [0.25, 0.3) is 11.0 Å². The number of nitrogens with zero attached hydrogens (tertiary/aromatic N) is 3. The Bertz CT molecular complexity index is 1920. The number of amides is 1. The Hall–Kier alpha value is -3.46. The second-order valence-electron chi connectivity index (χ2n) is 12.7. The van der Waals surface area contributed by atoms with Crippen LogP contribution in [0.2, 0.25) is 10.0 Å². The summed E-state index contributed by atoms with van der Waals surface area (Å²) in [6.07, 6.45) is 2.95. The summed E-state index contributed by atoms with van der Waals surface area (Å²) in [5.41, 5.74) is 4.35. The molecule has 1 saturated carbocycles. The third kappa shape index (κ3) is 4.08. The third-order valence-electron chi connectivity index (χ3n) is 10.4. The topological polar surface area (TPSA) is 76.5 Å². The Kier molecular flexibility index (Phi) is 7.08. The number of carbonyl (C=O) groups is 2. The first-order valence-electron chi connectivity index (χ1n) is 15.1. The molecule has 4 heterocycles. The summed E-state index contributed by atoms with van der Waals surface area (Å²) < 4.78 is 23.6. The van der Waals surface area contributed by atoms with Crippen molar-refractivity contribution in [2.24, 2.45) is 5.92 Å². The predicted molar refractivity (Wildman–Crippen MR) is 174 cm³/mol. The van der Waals surface area contributed by atoms with Gasteiger partial charge in [-0.2, -0.15) is 0 Å². The van der Waals surface area contributed by atoms with Crippen molar-refractivity contribution < 1.29 is 18.7 Å². The molecule has 45 heavy (non-hydrogen) atoms. The molecule has 1 saturated heterocycles. The molecule has 4 atom stereocenters. The first-order valence-corrected chi connectivity index (χ1v) is 15.8. The average Bonchev–Trinajstić information content (AvgIpc) is 3.59. The Morgan fingerprint density at radius 2 is 1.93 bits per heavy atom. The number of benzene rings is 3. The van der Waals surface area contributed by atoms with Crippen LogP contribution in [-0.4, -0.2) is 46.0 Å². The standard InChI is InChI=1S/C34H31Cl2FN4O3.CH4/c1-16-13-25-30(17(2)26(16)32(42)44-3)39-31-27-24(11-12-40(25)31)41(15-18-7-8-18)34(28(27)20-5-4-6-22(36)29(20)37)21-10-9-19(35)14-23(21)38-33(34)43;/h4-6,9-10,13-14,18,24,27-28H,7-8,11-12,15H2,1-3H3,(H,38,43);1H4/t24-,27+,28-,34+;/m0./s1. The summed E-state index contributed by atoms with van der Waals surface area (Å²) in [4.78, 5) is 35.0. The maximum atomic E-state index is 16.3. The van der Waals surface area contributed by atoms with Crippen molar-refractivity contribution in [1.29, 1.82) is 0 Å². The molecular weight excluding hydrogens is 614 g/mol. The van der Waals surface area contributed by atoms with Gasteiger partial charge in [0.25, 0.3) is 0 Å². The van der Waals surface area contributed by atoms with Gasteiger partial charge in [-0.1, -0.05) is 48.8 Å². The van der Waals surface area contributed by atoms with E-state index in [0.717, 1.165) is 59.4 Å². The van der Waals surface area contributed by atoms with Crippen LogP contribution < -0.4 is 5.32 Å². The summed E-state index contributed by atoms with van der Waals surface area (Å²) in [5.74, 6) is -0.823. The van der Waals surface area contributed by atoms with Gasteiger partial charge in [-0.15, -0.1) is 0 Å². The molecule has 4 aliphatic rings. The second-order valence-corrected chi connectivity index (χ2v) is 13.5. The zero-order valence-electron chi connectivity index (χ0n) is 24.6. The van der Waals surface area contributed by atoms with Gasteiger partial charge in [0.15, 0.2) is 0 Å². The number of methoxy groups -OCH3 is 1. The van der Waals surface area contributed by atoms with E-state index >= 15 is 4.39 Å². The lowest BCUT2D eigenvalue weighted by Gasteiger charge is -2.40. The van der Waals surface area contributed by atoms with Gasteiger partial charge in [0.2, 0.25) is 5.91 Å². The fourth-order valence-corrected chi connectivity index (χ4v) is 8.81. The van der Waals surface area contributed by atoms with Gasteiger partial charge in [0, 0.05) is 47.2 Å². The Labute approximate surface area is 271 Å². The minimum Gasteiger partial charge on any atom is -0.465 e. The van der Waals surface area contributed by atoms with Crippen LogP contribution in [0.15, 0.2) is 42.5 Å². The largest absolute Gasteiger partial charge is 0.465 e. The zero-order valence-corrected chi connectivity index (χ0v) is 26.1. The third-order valence-corrected chi connectivity index (χ3v) is 10.9. The molecule has 1 spiro atoms. The van der Waals surface area contributed by atoms with Crippen molar-refractivity contribution in [1.82, 2.24) is 14.5 Å². The van der Waals surface area contributed by atoms with Crippen molar-refractivity contribution in [3.63, 3.8) is 0 Å². The molecule has 0 bridgehead atoms. The molecule has 234 valence electrons. The Morgan fingerprint density at radius 1 is 1.16 bits per heavy atom. The SMILES string of the molecule is C.COC(=O)c1c(C)cc2c(nc3n2CC[C@H]2[C@@H]3[C@H](c3cccc(Cl)c3F)[C@]3(C(=O)Nc4cc(Cl)ccc43)N2CC2CC2)c1C. The van der Waals surface area contributed by atoms with Gasteiger partial charge in [0.1, 0.15) is 17.2 Å². The number of imidazole rings is 1. The molecule has 1 N–H and O–H groups in total. The van der Waals surface area contributed by atoms with Crippen molar-refractivity contribution >= 4 is 51.8 Å². The molecule has 2 fully saturated rings. The fraction of sp³-hybridized carbons (Fsp3) is 0.400. The molecule has 1 amide bonds. The maximum absolute atomic E-state index is 16.3. The molecule has 8 rings (SSSR count). The molecule has 4 aromatic rings. The molecule has 10 heteroatoms. The first kappa shape index (κ1) is 30.2. The minimum atomic E-state index is -1.20. The smallest absolute Gasteiger partial charge is 0.338 e. The highest BCUT2D eigenvalue weighted by Crippen LogP contribution is 2.64. The van der Waals surface area contributed by atoms with Gasteiger partial charge >= 0.3 is 5.97 Å². The highest BCUT2D eigenvalue weighted by atomic mass is 35.5. The molecule has 1 aromatic heterocycles. The molecule has 0 radical (unpaired) electrons. The van der Waals surface area contributed by atoms with Gasteiger partial charge in [-0.3, -0.25) is 9.69 Å². The van der Waals surface area contributed by atoms with E-state index in [1.165, 1.54) is 7.11 Å². The molecule has 0 unspecified atom stereocenters. The molecular formula is C35H35Cl2FN4O3. The van der Waals surface area contributed by atoms with Crippen LogP contribution in [-0.2, 0) is 21.6 Å². The lowest BCUT2D eigenvalue weighted by molar-refractivity contribution is -0.128. The summed E-state index contributed by atoms with van der Waals surface area (Å²) in [6, 6.07) is 12.5. The predicted octanol–water partition coefficient (Wildman–Crippen LogP) is 7.73. The first-order chi connectivity index (χ1) is 21.2. The highest BCUT2D eigenvalue weighted by molar-refractivity contribution is 6.31. The van der Waals surface area contributed by atoms with E-state index in [1.807, 2.05) is 26.0 Å². The van der Waals surface area contributed by atoms with Gasteiger partial charge < -0.3 is 14.6 Å². The number of likely N-dealkylation sites (tertiary alicyclic amines) is 1. The van der Waals surface area contributed by atoms with Crippen LogP contribution in [0.1, 0.15) is 77.0 Å². The lowest BCUT2D eigenvalue weighted by atomic mass is 9.70. The van der Waals surface area contributed by atoms with Crippen LogP contribution in [0, 0.1) is 25.6 Å².